The predicted molar refractivity (Wildman–Crippen MR) is 105 cm³/mol. The summed E-state index contributed by atoms with van der Waals surface area (Å²) in [6.07, 6.45) is 3.24. The lowest BCUT2D eigenvalue weighted by Gasteiger charge is -2.18. The minimum absolute atomic E-state index is 0.0396. The normalized spacial score (nSPS) is 11.5. The SMILES string of the molecule is C=CC[C@H](OC(=O)Nc1ccc(SC)cc1)c1ccc(OCCO)cc1. The monoisotopic (exact) mass is 373 g/mol. The first-order valence-corrected chi connectivity index (χ1v) is 9.45. The van der Waals surface area contributed by atoms with Gasteiger partial charge in [0.15, 0.2) is 0 Å². The van der Waals surface area contributed by atoms with Gasteiger partial charge in [-0.2, -0.15) is 0 Å². The summed E-state index contributed by atoms with van der Waals surface area (Å²) in [5, 5.41) is 11.5. The van der Waals surface area contributed by atoms with Crippen LogP contribution in [0.4, 0.5) is 10.5 Å². The summed E-state index contributed by atoms with van der Waals surface area (Å²) < 4.78 is 10.9. The van der Waals surface area contributed by atoms with Crippen LogP contribution in [0.1, 0.15) is 18.1 Å². The van der Waals surface area contributed by atoms with E-state index in [-0.39, 0.29) is 13.2 Å². The molecule has 0 aliphatic carbocycles. The molecule has 2 aromatic carbocycles. The van der Waals surface area contributed by atoms with Crippen LogP contribution in [0.15, 0.2) is 66.1 Å². The van der Waals surface area contributed by atoms with Crippen LogP contribution in [0.3, 0.4) is 0 Å². The van der Waals surface area contributed by atoms with Gasteiger partial charge in [-0.15, -0.1) is 18.3 Å². The number of aliphatic hydroxyl groups excluding tert-OH is 1. The molecule has 0 aliphatic rings. The Labute approximate surface area is 158 Å². The van der Waals surface area contributed by atoms with Crippen molar-refractivity contribution in [2.45, 2.75) is 17.4 Å². The minimum Gasteiger partial charge on any atom is -0.491 e. The third kappa shape index (κ3) is 6.13. The Bertz CT molecular complexity index is 701. The number of carbonyl (C=O) groups excluding carboxylic acids is 1. The summed E-state index contributed by atoms with van der Waals surface area (Å²) in [5.74, 6) is 0.651. The molecule has 0 spiro atoms. The number of ether oxygens (including phenoxy) is 2. The maximum absolute atomic E-state index is 12.2. The molecule has 1 amide bonds. The second kappa shape index (κ2) is 10.5. The maximum atomic E-state index is 12.2. The highest BCUT2D eigenvalue weighted by atomic mass is 32.2. The third-order valence-corrected chi connectivity index (χ3v) is 4.32. The highest BCUT2D eigenvalue weighted by molar-refractivity contribution is 7.98. The van der Waals surface area contributed by atoms with E-state index in [9.17, 15) is 4.79 Å². The molecule has 5 nitrogen and oxygen atoms in total. The molecule has 26 heavy (non-hydrogen) atoms. The Morgan fingerprint density at radius 2 is 1.92 bits per heavy atom. The largest absolute Gasteiger partial charge is 0.491 e. The maximum Gasteiger partial charge on any atom is 0.412 e. The van der Waals surface area contributed by atoms with Crippen molar-refractivity contribution < 1.29 is 19.4 Å². The Balaban J connectivity index is 1.99. The molecule has 0 aromatic heterocycles. The highest BCUT2D eigenvalue weighted by Gasteiger charge is 2.16. The van der Waals surface area contributed by atoms with E-state index in [4.69, 9.17) is 14.6 Å². The van der Waals surface area contributed by atoms with Crippen molar-refractivity contribution in [1.29, 1.82) is 0 Å². The Morgan fingerprint density at radius 1 is 1.23 bits per heavy atom. The Hall–Kier alpha value is -2.44. The van der Waals surface area contributed by atoms with Gasteiger partial charge >= 0.3 is 6.09 Å². The summed E-state index contributed by atoms with van der Waals surface area (Å²) in [5.41, 5.74) is 1.52. The van der Waals surface area contributed by atoms with Crippen LogP contribution in [-0.2, 0) is 4.74 Å². The van der Waals surface area contributed by atoms with Crippen molar-refractivity contribution in [3.63, 3.8) is 0 Å². The van der Waals surface area contributed by atoms with Crippen LogP contribution >= 0.6 is 11.8 Å². The number of carbonyl (C=O) groups is 1. The molecule has 0 aliphatic heterocycles. The van der Waals surface area contributed by atoms with Gasteiger partial charge in [0.2, 0.25) is 0 Å². The van der Waals surface area contributed by atoms with Gasteiger partial charge in [0.05, 0.1) is 6.61 Å². The van der Waals surface area contributed by atoms with Gasteiger partial charge in [0.1, 0.15) is 18.5 Å². The lowest BCUT2D eigenvalue weighted by atomic mass is 10.1. The average Bonchev–Trinajstić information content (AvgIpc) is 2.67. The standard InChI is InChI=1S/C20H23NO4S/c1-3-4-19(15-5-9-17(10-6-15)24-14-13-22)25-20(23)21-16-7-11-18(26-2)12-8-16/h3,5-12,19,22H,1,4,13-14H2,2H3,(H,21,23)/t19-/m0/s1. The number of aliphatic hydroxyl groups is 1. The first kappa shape index (κ1) is 19.9. The second-order valence-corrected chi connectivity index (χ2v) is 6.29. The quantitative estimate of drug-likeness (QED) is 0.495. The van der Waals surface area contributed by atoms with Gasteiger partial charge in [-0.3, -0.25) is 5.32 Å². The molecule has 0 saturated heterocycles. The van der Waals surface area contributed by atoms with Gasteiger partial charge in [-0.05, 0) is 48.2 Å². The summed E-state index contributed by atoms with van der Waals surface area (Å²) in [4.78, 5) is 13.3. The van der Waals surface area contributed by atoms with Crippen LogP contribution in [-0.4, -0.2) is 30.7 Å². The van der Waals surface area contributed by atoms with Gasteiger partial charge in [-0.25, -0.2) is 4.79 Å². The molecule has 2 N–H and O–H groups in total. The molecular weight excluding hydrogens is 350 g/mol. The number of anilines is 1. The molecule has 0 radical (unpaired) electrons. The first-order valence-electron chi connectivity index (χ1n) is 8.22. The molecule has 0 bridgehead atoms. The smallest absolute Gasteiger partial charge is 0.412 e. The molecule has 1 atom stereocenters. The Morgan fingerprint density at radius 3 is 2.50 bits per heavy atom. The summed E-state index contributed by atoms with van der Waals surface area (Å²) in [6, 6.07) is 14.8. The van der Waals surface area contributed by atoms with Crippen molar-refractivity contribution in [2.75, 3.05) is 24.8 Å². The van der Waals surface area contributed by atoms with Gasteiger partial charge in [0.25, 0.3) is 0 Å². The van der Waals surface area contributed by atoms with E-state index in [1.165, 1.54) is 0 Å². The number of nitrogens with one attached hydrogen (secondary N) is 1. The number of hydrogen-bond acceptors (Lipinski definition) is 5. The minimum atomic E-state index is -0.519. The molecule has 2 rings (SSSR count). The topological polar surface area (TPSA) is 67.8 Å². The van der Waals surface area contributed by atoms with E-state index in [1.54, 1.807) is 30.0 Å². The first-order chi connectivity index (χ1) is 12.7. The van der Waals surface area contributed by atoms with Crippen molar-refractivity contribution in [3.8, 4) is 5.75 Å². The predicted octanol–water partition coefficient (Wildman–Crippen LogP) is 4.65. The molecule has 2 aromatic rings. The zero-order valence-electron chi connectivity index (χ0n) is 14.7. The fraction of sp³-hybridized carbons (Fsp3) is 0.250. The molecule has 0 fully saturated rings. The molecule has 0 saturated carbocycles. The van der Waals surface area contributed by atoms with Gasteiger partial charge in [-0.1, -0.05) is 18.2 Å². The number of thioether (sulfide) groups is 1. The van der Waals surface area contributed by atoms with Crippen LogP contribution in [0, 0.1) is 0 Å². The summed E-state index contributed by atoms with van der Waals surface area (Å²) >= 11 is 1.64. The third-order valence-electron chi connectivity index (χ3n) is 3.58. The number of hydrogen-bond donors (Lipinski definition) is 2. The Kier molecular flexibility index (Phi) is 8.05. The van der Waals surface area contributed by atoms with Crippen LogP contribution in [0.2, 0.25) is 0 Å². The average molecular weight is 373 g/mol. The van der Waals surface area contributed by atoms with Crippen molar-refractivity contribution in [3.05, 3.63) is 66.7 Å². The van der Waals surface area contributed by atoms with E-state index in [1.807, 2.05) is 42.7 Å². The van der Waals surface area contributed by atoms with Crippen LogP contribution in [0.25, 0.3) is 0 Å². The second-order valence-electron chi connectivity index (χ2n) is 5.41. The number of benzene rings is 2. The van der Waals surface area contributed by atoms with E-state index in [0.29, 0.717) is 17.9 Å². The van der Waals surface area contributed by atoms with Crippen molar-refractivity contribution in [1.82, 2.24) is 0 Å². The molecule has 0 unspecified atom stereocenters. The van der Waals surface area contributed by atoms with E-state index in [0.717, 1.165) is 10.5 Å². The molecule has 138 valence electrons. The molecule has 6 heteroatoms. The highest BCUT2D eigenvalue weighted by Crippen LogP contribution is 2.25. The van der Waals surface area contributed by atoms with Gasteiger partial charge < -0.3 is 14.6 Å². The van der Waals surface area contributed by atoms with Crippen molar-refractivity contribution >= 4 is 23.5 Å². The van der Waals surface area contributed by atoms with E-state index < -0.39 is 12.2 Å². The molecule has 0 heterocycles. The number of rotatable bonds is 9. The summed E-state index contributed by atoms with van der Waals surface area (Å²) in [6.45, 7) is 3.93. The lowest BCUT2D eigenvalue weighted by molar-refractivity contribution is 0.112. The zero-order valence-corrected chi connectivity index (χ0v) is 15.5. The van der Waals surface area contributed by atoms with Crippen LogP contribution < -0.4 is 10.1 Å². The van der Waals surface area contributed by atoms with Crippen molar-refractivity contribution in [2.24, 2.45) is 0 Å². The van der Waals surface area contributed by atoms with E-state index in [2.05, 4.69) is 11.9 Å². The number of amides is 1. The molecular formula is C20H23NO4S. The fourth-order valence-corrected chi connectivity index (χ4v) is 2.70. The zero-order chi connectivity index (χ0) is 18.8. The lowest BCUT2D eigenvalue weighted by Crippen LogP contribution is -2.17. The van der Waals surface area contributed by atoms with Gasteiger partial charge in [0, 0.05) is 17.0 Å². The van der Waals surface area contributed by atoms with E-state index >= 15 is 0 Å². The van der Waals surface area contributed by atoms with Crippen LogP contribution in [0.5, 0.6) is 5.75 Å². The fourth-order valence-electron chi connectivity index (χ4n) is 2.30. The summed E-state index contributed by atoms with van der Waals surface area (Å²) in [7, 11) is 0.